The molecule has 1 amide bonds. The van der Waals surface area contributed by atoms with E-state index in [1.807, 2.05) is 24.9 Å². The molecule has 0 aromatic heterocycles. The van der Waals surface area contributed by atoms with E-state index in [0.29, 0.717) is 41.4 Å². The lowest BCUT2D eigenvalue weighted by Gasteiger charge is -2.62. The minimum absolute atomic E-state index is 0.0821. The first-order chi connectivity index (χ1) is 12.1. The average molecular weight is 358 g/mol. The van der Waals surface area contributed by atoms with Crippen molar-refractivity contribution in [2.45, 2.75) is 66.3 Å². The van der Waals surface area contributed by atoms with Gasteiger partial charge in [0, 0.05) is 24.4 Å². The predicted molar refractivity (Wildman–Crippen MR) is 103 cm³/mol. The number of Topliss-reactive ketones (excluding diaryl/α,β-unsaturated/α-hetero) is 1. The van der Waals surface area contributed by atoms with Crippen LogP contribution in [0.2, 0.25) is 0 Å². The fraction of sp³-hybridized carbons (Fsp3) is 0.826. The van der Waals surface area contributed by atoms with E-state index in [4.69, 9.17) is 0 Å². The molecular formula is C23H35NO2. The summed E-state index contributed by atoms with van der Waals surface area (Å²) in [7, 11) is 1.98. The summed E-state index contributed by atoms with van der Waals surface area (Å²) in [6.45, 7) is 11.3. The largest absolute Gasteiger partial charge is 0.338 e. The fourth-order valence-electron chi connectivity index (χ4n) is 8.29. The van der Waals surface area contributed by atoms with Crippen LogP contribution in [-0.4, -0.2) is 29.7 Å². The van der Waals surface area contributed by atoms with Gasteiger partial charge in [0.15, 0.2) is 0 Å². The molecule has 9 atom stereocenters. The van der Waals surface area contributed by atoms with Crippen molar-refractivity contribution in [2.75, 3.05) is 7.05 Å². The number of carbonyl (C=O) groups excluding carboxylic acids is 2. The first-order valence-electron chi connectivity index (χ1n) is 10.6. The summed E-state index contributed by atoms with van der Waals surface area (Å²) in [6.07, 6.45) is 8.70. The summed E-state index contributed by atoms with van der Waals surface area (Å²) in [5.41, 5.74) is 0.253. The maximum absolute atomic E-state index is 12.5. The van der Waals surface area contributed by atoms with Gasteiger partial charge in [0.05, 0.1) is 0 Å². The Morgan fingerprint density at radius 2 is 1.85 bits per heavy atom. The molecule has 4 rings (SSSR count). The fourth-order valence-corrected chi connectivity index (χ4v) is 8.29. The third-order valence-corrected chi connectivity index (χ3v) is 9.28. The van der Waals surface area contributed by atoms with E-state index in [1.165, 1.54) is 12.8 Å². The topological polar surface area (TPSA) is 37.4 Å². The third-order valence-electron chi connectivity index (χ3n) is 9.28. The van der Waals surface area contributed by atoms with Gasteiger partial charge in [-0.3, -0.25) is 9.59 Å². The molecule has 3 saturated carbocycles. The molecule has 0 radical (unpaired) electrons. The SMILES string of the molecule is CC(=O)C1C(C)CC2C3C(C)C[C@H]4N(C)C(=O)C=CC4(C)C3CCC21C. The van der Waals surface area contributed by atoms with Gasteiger partial charge in [-0.1, -0.05) is 33.8 Å². The van der Waals surface area contributed by atoms with Crippen LogP contribution in [0.15, 0.2) is 12.2 Å². The van der Waals surface area contributed by atoms with Gasteiger partial charge in [-0.05, 0) is 73.7 Å². The normalized spacial score (nSPS) is 53.1. The van der Waals surface area contributed by atoms with Crippen molar-refractivity contribution in [3.05, 3.63) is 12.2 Å². The molecular weight excluding hydrogens is 322 g/mol. The summed E-state index contributed by atoms with van der Waals surface area (Å²) in [6, 6.07) is 0.322. The van der Waals surface area contributed by atoms with Crippen LogP contribution < -0.4 is 0 Å². The van der Waals surface area contributed by atoms with Crippen LogP contribution in [0.1, 0.15) is 60.3 Å². The van der Waals surface area contributed by atoms with Crippen molar-refractivity contribution in [1.29, 1.82) is 0 Å². The number of hydrogen-bond donors (Lipinski definition) is 0. The molecule has 8 unspecified atom stereocenters. The maximum atomic E-state index is 12.5. The molecule has 0 saturated heterocycles. The van der Waals surface area contributed by atoms with Crippen LogP contribution in [-0.2, 0) is 9.59 Å². The first-order valence-corrected chi connectivity index (χ1v) is 10.6. The van der Waals surface area contributed by atoms with Crippen LogP contribution in [0.4, 0.5) is 0 Å². The molecule has 144 valence electrons. The second-order valence-electron chi connectivity index (χ2n) is 10.5. The molecule has 0 aromatic rings. The standard InChI is InChI=1S/C23H35NO2/c1-13-12-18-22(4,10-8-19(26)24(18)6)16-7-9-23(5)17(20(13)16)11-14(2)21(23)15(3)25/h8,10,13-14,16-18,20-21H,7,9,11-12H2,1-6H3/t13?,14?,16?,17?,18-,20?,21?,22?,23?/m1/s1. The zero-order valence-electron chi connectivity index (χ0n) is 17.3. The van der Waals surface area contributed by atoms with Gasteiger partial charge >= 0.3 is 0 Å². The Kier molecular flexibility index (Phi) is 3.99. The smallest absolute Gasteiger partial charge is 0.246 e. The van der Waals surface area contributed by atoms with Crippen molar-refractivity contribution < 1.29 is 9.59 Å². The molecule has 3 fully saturated rings. The molecule has 3 heteroatoms. The van der Waals surface area contributed by atoms with Gasteiger partial charge in [-0.25, -0.2) is 0 Å². The minimum atomic E-state index is 0.0821. The second-order valence-corrected chi connectivity index (χ2v) is 10.5. The van der Waals surface area contributed by atoms with Gasteiger partial charge in [-0.15, -0.1) is 0 Å². The van der Waals surface area contributed by atoms with Gasteiger partial charge in [-0.2, -0.15) is 0 Å². The van der Waals surface area contributed by atoms with Gasteiger partial charge < -0.3 is 4.90 Å². The van der Waals surface area contributed by atoms with Crippen molar-refractivity contribution in [3.63, 3.8) is 0 Å². The first kappa shape index (κ1) is 18.3. The number of amides is 1. The van der Waals surface area contributed by atoms with Gasteiger partial charge in [0.2, 0.25) is 5.91 Å². The summed E-state index contributed by atoms with van der Waals surface area (Å²) in [5, 5.41) is 0. The second kappa shape index (κ2) is 5.69. The quantitative estimate of drug-likeness (QED) is 0.701. The number of likely N-dealkylation sites (N-methyl/N-ethyl adjacent to an activating group) is 1. The number of hydrogen-bond acceptors (Lipinski definition) is 2. The van der Waals surface area contributed by atoms with E-state index >= 15 is 0 Å². The van der Waals surface area contributed by atoms with Crippen LogP contribution in [0, 0.1) is 46.3 Å². The molecule has 0 aromatic carbocycles. The molecule has 0 N–H and O–H groups in total. The van der Waals surface area contributed by atoms with E-state index in [1.54, 1.807) is 0 Å². The molecule has 26 heavy (non-hydrogen) atoms. The summed E-state index contributed by atoms with van der Waals surface area (Å²) in [5.74, 6) is 3.85. The summed E-state index contributed by atoms with van der Waals surface area (Å²) >= 11 is 0. The number of carbonyl (C=O) groups is 2. The molecule has 1 heterocycles. The lowest BCUT2D eigenvalue weighted by Crippen LogP contribution is -2.61. The van der Waals surface area contributed by atoms with Crippen molar-refractivity contribution in [3.8, 4) is 0 Å². The summed E-state index contributed by atoms with van der Waals surface area (Å²) in [4.78, 5) is 26.7. The van der Waals surface area contributed by atoms with Crippen molar-refractivity contribution in [2.24, 2.45) is 46.3 Å². The average Bonchev–Trinajstić information content (AvgIpc) is 2.83. The lowest BCUT2D eigenvalue weighted by atomic mass is 9.45. The van der Waals surface area contributed by atoms with E-state index in [2.05, 4.69) is 33.8 Å². The highest BCUT2D eigenvalue weighted by atomic mass is 16.2. The Balaban J connectivity index is 1.74. The van der Waals surface area contributed by atoms with E-state index < -0.39 is 0 Å². The molecule has 3 nitrogen and oxygen atoms in total. The molecule has 4 aliphatic rings. The van der Waals surface area contributed by atoms with E-state index in [0.717, 1.165) is 12.8 Å². The zero-order valence-corrected chi connectivity index (χ0v) is 17.3. The molecule has 0 bridgehead atoms. The van der Waals surface area contributed by atoms with Crippen LogP contribution in [0.5, 0.6) is 0 Å². The minimum Gasteiger partial charge on any atom is -0.338 e. The highest BCUT2D eigenvalue weighted by molar-refractivity contribution is 5.89. The van der Waals surface area contributed by atoms with Gasteiger partial charge in [0.1, 0.15) is 5.78 Å². The lowest BCUT2D eigenvalue weighted by molar-refractivity contribution is -0.147. The predicted octanol–water partition coefficient (Wildman–Crippen LogP) is 4.32. The summed E-state index contributed by atoms with van der Waals surface area (Å²) < 4.78 is 0. The van der Waals surface area contributed by atoms with Crippen LogP contribution >= 0.6 is 0 Å². The number of ketones is 1. The molecule has 0 spiro atoms. The molecule has 1 aliphatic heterocycles. The Bertz CT molecular complexity index is 669. The molecule has 3 aliphatic carbocycles. The number of fused-ring (bicyclic) bond motifs is 5. The Labute approximate surface area is 158 Å². The number of nitrogens with zero attached hydrogens (tertiary/aromatic N) is 1. The van der Waals surface area contributed by atoms with Crippen molar-refractivity contribution >= 4 is 11.7 Å². The highest BCUT2D eigenvalue weighted by Gasteiger charge is 2.63. The van der Waals surface area contributed by atoms with Crippen LogP contribution in [0.3, 0.4) is 0 Å². The maximum Gasteiger partial charge on any atom is 0.246 e. The Hall–Kier alpha value is -1.12. The van der Waals surface area contributed by atoms with E-state index in [9.17, 15) is 9.59 Å². The van der Waals surface area contributed by atoms with E-state index in [-0.39, 0.29) is 22.7 Å². The van der Waals surface area contributed by atoms with Crippen molar-refractivity contribution in [1.82, 2.24) is 4.90 Å². The van der Waals surface area contributed by atoms with Crippen LogP contribution in [0.25, 0.3) is 0 Å². The van der Waals surface area contributed by atoms with Gasteiger partial charge in [0.25, 0.3) is 0 Å². The highest BCUT2D eigenvalue weighted by Crippen LogP contribution is 2.67. The Morgan fingerprint density at radius 3 is 2.50 bits per heavy atom. The number of rotatable bonds is 1. The Morgan fingerprint density at radius 1 is 1.15 bits per heavy atom. The zero-order chi connectivity index (χ0) is 19.0. The third kappa shape index (κ3) is 2.18. The monoisotopic (exact) mass is 357 g/mol.